The largest absolute Gasteiger partial charge is 0.370 e. The van der Waals surface area contributed by atoms with Crippen LogP contribution in [0.25, 0.3) is 0 Å². The fourth-order valence-electron chi connectivity index (χ4n) is 0.241. The van der Waals surface area contributed by atoms with Gasteiger partial charge in [-0.2, -0.15) is 4.99 Å². The number of nitrogens with zero attached hydrogens (tertiary/aromatic N) is 2. The highest BCUT2D eigenvalue weighted by molar-refractivity contribution is 5.91. The Morgan fingerprint density at radius 1 is 1.64 bits per heavy atom. The molecule has 0 fully saturated rings. The summed E-state index contributed by atoms with van der Waals surface area (Å²) < 4.78 is 0. The first-order chi connectivity index (χ1) is 4.52. The molecule has 0 amide bonds. The monoisotopic (exact) mass is 182 g/mol. The lowest BCUT2D eigenvalue weighted by atomic mass is 10.9. The quantitative estimate of drug-likeness (QED) is 0.167. The summed E-state index contributed by atoms with van der Waals surface area (Å²) in [7, 11) is 0. The van der Waals surface area contributed by atoms with Crippen LogP contribution in [0.15, 0.2) is 4.99 Å². The number of hydrogen-bond donors (Lipinski definition) is 4. The van der Waals surface area contributed by atoms with Crippen LogP contribution in [0.4, 0.5) is 0 Å². The number of nitrogens with one attached hydrogen (secondary N) is 2. The Hall–Kier alpha value is -1.57. The van der Waals surface area contributed by atoms with Gasteiger partial charge in [-0.05, 0) is 0 Å². The van der Waals surface area contributed by atoms with Gasteiger partial charge in [0.1, 0.15) is 0 Å². The molecule has 0 aromatic carbocycles. The molecule has 0 radical (unpaired) electrons. The van der Waals surface area contributed by atoms with Crippen LogP contribution in [-0.4, -0.2) is 17.0 Å². The molecule has 6 N–H and O–H groups in total. The second-order valence-corrected chi connectivity index (χ2v) is 1.25. The molecule has 0 aliphatic heterocycles. The fourth-order valence-corrected chi connectivity index (χ4v) is 0.241. The van der Waals surface area contributed by atoms with E-state index in [9.17, 15) is 10.1 Å². The van der Waals surface area contributed by atoms with Crippen LogP contribution < -0.4 is 16.9 Å². The average Bonchev–Trinajstić information content (AvgIpc) is 1.58. The lowest BCUT2D eigenvalue weighted by molar-refractivity contribution is -0.525. The lowest BCUT2D eigenvalue weighted by Crippen LogP contribution is -2.32. The van der Waals surface area contributed by atoms with E-state index in [2.05, 4.69) is 4.99 Å². The number of guanidine groups is 2. The summed E-state index contributed by atoms with van der Waals surface area (Å²) in [6.07, 6.45) is 0. The zero-order chi connectivity index (χ0) is 8.15. The van der Waals surface area contributed by atoms with Crippen molar-refractivity contribution in [2.24, 2.45) is 16.5 Å². The third kappa shape index (κ3) is 8.43. The smallest absolute Gasteiger partial charge is 0.280 e. The molecule has 0 unspecified atom stereocenters. The number of hydrazine groups is 1. The Bertz CT molecular complexity index is 185. The van der Waals surface area contributed by atoms with E-state index >= 15 is 0 Å². The van der Waals surface area contributed by atoms with Crippen LogP contribution in [0.5, 0.6) is 0 Å². The summed E-state index contributed by atoms with van der Waals surface area (Å²) in [6.45, 7) is 0. The molecule has 11 heavy (non-hydrogen) atoms. The normalized spacial score (nSPS) is 7.27. The number of halogens is 1. The molecule has 9 heteroatoms. The highest BCUT2D eigenvalue weighted by Crippen LogP contribution is 1.67. The van der Waals surface area contributed by atoms with Crippen molar-refractivity contribution in [2.75, 3.05) is 0 Å². The molecule has 0 atom stereocenters. The molecular weight excluding hydrogens is 176 g/mol. The Balaban J connectivity index is 0. The number of aliphatic imine (C=N–C) groups is 1. The second kappa shape index (κ2) is 5.23. The number of nitrogens with two attached hydrogens (primary N) is 2. The maximum Gasteiger partial charge on any atom is 0.280 e. The predicted octanol–water partition coefficient (Wildman–Crippen LogP) is -1.60. The first-order valence-corrected chi connectivity index (χ1v) is 2.11. The molecule has 8 nitrogen and oxygen atoms in total. The van der Waals surface area contributed by atoms with E-state index in [1.807, 2.05) is 0 Å². The van der Waals surface area contributed by atoms with E-state index in [-0.39, 0.29) is 12.4 Å². The highest BCUT2D eigenvalue weighted by Gasteiger charge is 1.98. The van der Waals surface area contributed by atoms with Crippen molar-refractivity contribution in [3.05, 3.63) is 10.1 Å². The van der Waals surface area contributed by atoms with Gasteiger partial charge in [-0.15, -0.1) is 12.4 Å². The summed E-state index contributed by atoms with van der Waals surface area (Å²) in [5, 5.41) is 15.3. The number of hydrogen-bond acceptors (Lipinski definition) is 3. The number of nitro groups is 1. The van der Waals surface area contributed by atoms with Crippen molar-refractivity contribution in [3.63, 3.8) is 0 Å². The summed E-state index contributed by atoms with van der Waals surface area (Å²) in [4.78, 5) is 12.6. The van der Waals surface area contributed by atoms with Gasteiger partial charge >= 0.3 is 0 Å². The first kappa shape index (κ1) is 12.1. The zero-order valence-electron chi connectivity index (χ0n) is 5.27. The van der Waals surface area contributed by atoms with Gasteiger partial charge in [0.15, 0.2) is 11.0 Å². The molecule has 0 heterocycles. The van der Waals surface area contributed by atoms with Gasteiger partial charge in [0.2, 0.25) is 0 Å². The van der Waals surface area contributed by atoms with Crippen LogP contribution >= 0.6 is 12.4 Å². The van der Waals surface area contributed by atoms with Crippen molar-refractivity contribution in [1.29, 1.82) is 5.41 Å². The van der Waals surface area contributed by atoms with Crippen molar-refractivity contribution < 1.29 is 5.03 Å². The van der Waals surface area contributed by atoms with E-state index in [1.165, 1.54) is 5.43 Å². The number of rotatable bonds is 1. The zero-order valence-corrected chi connectivity index (χ0v) is 6.09. The molecule has 0 aliphatic rings. The van der Waals surface area contributed by atoms with Gasteiger partial charge in [0.25, 0.3) is 5.96 Å². The molecule has 64 valence electrons. The van der Waals surface area contributed by atoms with Crippen LogP contribution in [0.2, 0.25) is 0 Å². The van der Waals surface area contributed by atoms with Crippen molar-refractivity contribution in [3.8, 4) is 0 Å². The van der Waals surface area contributed by atoms with E-state index in [0.29, 0.717) is 0 Å². The van der Waals surface area contributed by atoms with E-state index < -0.39 is 17.0 Å². The van der Waals surface area contributed by atoms with Crippen molar-refractivity contribution in [2.45, 2.75) is 0 Å². The summed E-state index contributed by atoms with van der Waals surface area (Å²) in [6, 6.07) is 0. The van der Waals surface area contributed by atoms with Crippen LogP contribution in [0.3, 0.4) is 0 Å². The van der Waals surface area contributed by atoms with Crippen molar-refractivity contribution >= 4 is 24.3 Å². The van der Waals surface area contributed by atoms with Crippen molar-refractivity contribution in [1.82, 2.24) is 5.43 Å². The summed E-state index contributed by atoms with van der Waals surface area (Å²) in [5.41, 5.74) is 11.0. The molecular formula is C2H7ClN6O2. The molecule has 0 aromatic rings. The minimum absolute atomic E-state index is 0. The van der Waals surface area contributed by atoms with E-state index in [4.69, 9.17) is 16.9 Å². The van der Waals surface area contributed by atoms with Gasteiger partial charge in [0, 0.05) is 0 Å². The maximum atomic E-state index is 9.59. The fraction of sp³-hybridized carbons (Fsp3) is 0. The standard InChI is InChI=1S/C2H6N6O2.ClH/c3-1(4)6-2(5)7-8(9)10;/h(H6,3,4,5,6,7);1H. The SMILES string of the molecule is Cl.N=C(N=C(N)N)N[N+](=O)[O-]. The third-order valence-electron chi connectivity index (χ3n) is 0.438. The molecule has 0 saturated heterocycles. The van der Waals surface area contributed by atoms with Gasteiger partial charge in [-0.25, -0.2) is 10.1 Å². The molecule has 0 rings (SSSR count). The Morgan fingerprint density at radius 2 is 2.09 bits per heavy atom. The van der Waals surface area contributed by atoms with Gasteiger partial charge in [-0.3, -0.25) is 5.41 Å². The molecule has 0 spiro atoms. The lowest BCUT2D eigenvalue weighted by Gasteiger charge is -1.91. The minimum Gasteiger partial charge on any atom is -0.370 e. The molecule has 0 aliphatic carbocycles. The highest BCUT2D eigenvalue weighted by atomic mass is 35.5. The third-order valence-corrected chi connectivity index (χ3v) is 0.438. The Kier molecular flexibility index (Phi) is 5.78. The van der Waals surface area contributed by atoms with E-state index in [0.717, 1.165) is 0 Å². The minimum atomic E-state index is -0.936. The van der Waals surface area contributed by atoms with Crippen LogP contribution in [0.1, 0.15) is 0 Å². The maximum absolute atomic E-state index is 9.59. The summed E-state index contributed by atoms with van der Waals surface area (Å²) in [5.74, 6) is -1.11. The van der Waals surface area contributed by atoms with Crippen LogP contribution in [-0.2, 0) is 0 Å². The molecule has 0 bridgehead atoms. The van der Waals surface area contributed by atoms with Gasteiger partial charge < -0.3 is 11.5 Å². The summed E-state index contributed by atoms with van der Waals surface area (Å²) >= 11 is 0. The first-order valence-electron chi connectivity index (χ1n) is 2.11. The van der Waals surface area contributed by atoms with Crippen LogP contribution in [0, 0.1) is 15.5 Å². The molecule has 0 saturated carbocycles. The topological polar surface area (TPSA) is 143 Å². The molecule has 0 aromatic heterocycles. The van der Waals surface area contributed by atoms with Gasteiger partial charge in [-0.1, -0.05) is 5.43 Å². The second-order valence-electron chi connectivity index (χ2n) is 1.25. The Morgan fingerprint density at radius 3 is 2.36 bits per heavy atom. The average molecular weight is 183 g/mol. The van der Waals surface area contributed by atoms with Gasteiger partial charge in [0.05, 0.1) is 0 Å². The predicted molar refractivity (Wildman–Crippen MR) is 40.9 cm³/mol. The Labute approximate surface area is 67.7 Å². The van der Waals surface area contributed by atoms with E-state index in [1.54, 1.807) is 0 Å².